The van der Waals surface area contributed by atoms with Gasteiger partial charge < -0.3 is 10.1 Å². The molecular formula is C14H26N2O6S2. The number of amides is 1. The quantitative estimate of drug-likeness (QED) is 0.664. The SMILES string of the molecule is CCCS(=O)(=O)N1CCCCC1C(=O)NCC1CS(=O)(=O)CCO1. The highest BCUT2D eigenvalue weighted by molar-refractivity contribution is 7.91. The van der Waals surface area contributed by atoms with Gasteiger partial charge >= 0.3 is 0 Å². The van der Waals surface area contributed by atoms with Gasteiger partial charge in [0.1, 0.15) is 6.04 Å². The summed E-state index contributed by atoms with van der Waals surface area (Å²) in [6.45, 7) is 2.35. The van der Waals surface area contributed by atoms with Crippen molar-refractivity contribution in [2.24, 2.45) is 0 Å². The predicted octanol–water partition coefficient (Wildman–Crippen LogP) is -0.489. The van der Waals surface area contributed by atoms with Crippen LogP contribution in [0.15, 0.2) is 0 Å². The van der Waals surface area contributed by atoms with E-state index in [1.165, 1.54) is 4.31 Å². The zero-order chi connectivity index (χ0) is 17.8. The molecule has 1 N–H and O–H groups in total. The molecule has 0 spiro atoms. The lowest BCUT2D eigenvalue weighted by molar-refractivity contribution is -0.126. The number of rotatable bonds is 6. The van der Waals surface area contributed by atoms with Gasteiger partial charge in [0, 0.05) is 13.1 Å². The summed E-state index contributed by atoms with van der Waals surface area (Å²) in [5.74, 6) is -0.458. The van der Waals surface area contributed by atoms with E-state index in [1.807, 2.05) is 0 Å². The Bertz CT molecular complexity index is 646. The smallest absolute Gasteiger partial charge is 0.238 e. The number of piperidine rings is 1. The van der Waals surface area contributed by atoms with Crippen molar-refractivity contribution < 1.29 is 26.4 Å². The van der Waals surface area contributed by atoms with E-state index in [2.05, 4.69) is 5.32 Å². The molecule has 0 bridgehead atoms. The molecule has 2 unspecified atom stereocenters. The summed E-state index contributed by atoms with van der Waals surface area (Å²) >= 11 is 0. The molecular weight excluding hydrogens is 356 g/mol. The Morgan fingerprint density at radius 3 is 2.75 bits per heavy atom. The molecule has 2 heterocycles. The molecule has 0 radical (unpaired) electrons. The van der Waals surface area contributed by atoms with Crippen LogP contribution >= 0.6 is 0 Å². The zero-order valence-electron chi connectivity index (χ0n) is 13.9. The minimum absolute atomic E-state index is 0.00309. The highest BCUT2D eigenvalue weighted by Gasteiger charge is 2.36. The molecule has 2 atom stereocenters. The first-order valence-electron chi connectivity index (χ1n) is 8.34. The van der Waals surface area contributed by atoms with E-state index < -0.39 is 32.0 Å². The van der Waals surface area contributed by atoms with Crippen LogP contribution < -0.4 is 5.32 Å². The molecule has 0 aromatic carbocycles. The molecule has 8 nitrogen and oxygen atoms in total. The van der Waals surface area contributed by atoms with Gasteiger partial charge in [-0.25, -0.2) is 16.8 Å². The predicted molar refractivity (Wildman–Crippen MR) is 89.8 cm³/mol. The van der Waals surface area contributed by atoms with Crippen molar-refractivity contribution >= 4 is 25.8 Å². The van der Waals surface area contributed by atoms with Gasteiger partial charge in [-0.1, -0.05) is 13.3 Å². The maximum atomic E-state index is 12.4. The van der Waals surface area contributed by atoms with Crippen molar-refractivity contribution in [1.29, 1.82) is 0 Å². The topological polar surface area (TPSA) is 110 Å². The Balaban J connectivity index is 1.96. The second-order valence-corrected chi connectivity index (χ2v) is 10.6. The monoisotopic (exact) mass is 382 g/mol. The van der Waals surface area contributed by atoms with E-state index in [9.17, 15) is 21.6 Å². The van der Waals surface area contributed by atoms with Gasteiger partial charge in [0.15, 0.2) is 9.84 Å². The van der Waals surface area contributed by atoms with Crippen LogP contribution in [0.2, 0.25) is 0 Å². The van der Waals surface area contributed by atoms with Crippen molar-refractivity contribution in [2.45, 2.75) is 44.8 Å². The van der Waals surface area contributed by atoms with Gasteiger partial charge in [-0.15, -0.1) is 0 Å². The summed E-state index contributed by atoms with van der Waals surface area (Å²) < 4.78 is 54.5. The first kappa shape index (κ1) is 19.6. The molecule has 2 aliphatic rings. The lowest BCUT2D eigenvalue weighted by Gasteiger charge is -2.34. The first-order valence-corrected chi connectivity index (χ1v) is 11.8. The number of nitrogens with zero attached hydrogens (tertiary/aromatic N) is 1. The van der Waals surface area contributed by atoms with Crippen LogP contribution in [-0.4, -0.2) is 76.1 Å². The Morgan fingerprint density at radius 1 is 1.33 bits per heavy atom. The Hall–Kier alpha value is -0.710. The molecule has 10 heteroatoms. The zero-order valence-corrected chi connectivity index (χ0v) is 15.6. The summed E-state index contributed by atoms with van der Waals surface area (Å²) in [4.78, 5) is 12.4. The van der Waals surface area contributed by atoms with Crippen molar-refractivity contribution in [3.63, 3.8) is 0 Å². The van der Waals surface area contributed by atoms with Crippen LogP contribution in [0.1, 0.15) is 32.6 Å². The molecule has 2 saturated heterocycles. The summed E-state index contributed by atoms with van der Waals surface area (Å²) in [6, 6.07) is -0.713. The molecule has 2 fully saturated rings. The normalized spacial score (nSPS) is 28.4. The highest BCUT2D eigenvalue weighted by Crippen LogP contribution is 2.21. The number of sulfonamides is 1. The third-order valence-corrected chi connectivity index (χ3v) is 8.01. The number of nitrogens with one attached hydrogen (secondary N) is 1. The minimum Gasteiger partial charge on any atom is -0.374 e. The first-order chi connectivity index (χ1) is 11.2. The molecule has 24 heavy (non-hydrogen) atoms. The Kier molecular flexibility index (Phi) is 6.63. The molecule has 2 rings (SSSR count). The van der Waals surface area contributed by atoms with Crippen LogP contribution in [0.3, 0.4) is 0 Å². The molecule has 0 aromatic heterocycles. The van der Waals surface area contributed by atoms with Crippen LogP contribution in [0.25, 0.3) is 0 Å². The van der Waals surface area contributed by atoms with Gasteiger partial charge in [-0.05, 0) is 19.3 Å². The van der Waals surface area contributed by atoms with Gasteiger partial charge in [0.2, 0.25) is 15.9 Å². The number of carbonyl (C=O) groups is 1. The summed E-state index contributed by atoms with van der Waals surface area (Å²) in [5, 5.41) is 2.67. The standard InChI is InChI=1S/C14H26N2O6S2/c1-2-8-24(20,21)16-6-4-3-5-13(16)14(17)15-10-12-11-23(18,19)9-7-22-12/h12-13H,2-11H2,1H3,(H,15,17). The molecule has 0 saturated carbocycles. The van der Waals surface area contributed by atoms with E-state index in [0.29, 0.717) is 19.4 Å². The fourth-order valence-corrected chi connectivity index (χ4v) is 6.13. The molecule has 2 aliphatic heterocycles. The van der Waals surface area contributed by atoms with Crippen molar-refractivity contribution in [2.75, 3.05) is 37.0 Å². The summed E-state index contributed by atoms with van der Waals surface area (Å²) in [6.07, 6.45) is 1.96. The average molecular weight is 383 g/mol. The number of hydrogen-bond acceptors (Lipinski definition) is 6. The Morgan fingerprint density at radius 2 is 2.08 bits per heavy atom. The number of carbonyl (C=O) groups excluding carboxylic acids is 1. The second-order valence-electron chi connectivity index (χ2n) is 6.29. The van der Waals surface area contributed by atoms with Crippen molar-refractivity contribution in [3.05, 3.63) is 0 Å². The minimum atomic E-state index is -3.44. The van der Waals surface area contributed by atoms with Gasteiger partial charge in [0.05, 0.1) is 30.0 Å². The molecule has 1 amide bonds. The fraction of sp³-hybridized carbons (Fsp3) is 0.929. The van der Waals surface area contributed by atoms with Crippen LogP contribution in [-0.2, 0) is 29.4 Å². The van der Waals surface area contributed by atoms with Gasteiger partial charge in [-0.3, -0.25) is 4.79 Å². The second kappa shape index (κ2) is 8.11. The van der Waals surface area contributed by atoms with Crippen molar-refractivity contribution in [1.82, 2.24) is 9.62 Å². The number of sulfone groups is 1. The van der Waals surface area contributed by atoms with Gasteiger partial charge in [-0.2, -0.15) is 4.31 Å². The highest BCUT2D eigenvalue weighted by atomic mass is 32.2. The van der Waals surface area contributed by atoms with E-state index in [0.717, 1.165) is 12.8 Å². The summed E-state index contributed by atoms with van der Waals surface area (Å²) in [7, 11) is -6.57. The average Bonchev–Trinajstić information content (AvgIpc) is 2.51. The summed E-state index contributed by atoms with van der Waals surface area (Å²) in [5.41, 5.74) is 0. The van der Waals surface area contributed by atoms with Crippen LogP contribution in [0.5, 0.6) is 0 Å². The molecule has 140 valence electrons. The Labute approximate surface area is 143 Å². The van der Waals surface area contributed by atoms with E-state index >= 15 is 0 Å². The van der Waals surface area contributed by atoms with E-state index in [4.69, 9.17) is 4.74 Å². The largest absolute Gasteiger partial charge is 0.374 e. The molecule has 0 aromatic rings. The third kappa shape index (κ3) is 5.14. The lowest BCUT2D eigenvalue weighted by atomic mass is 10.0. The third-order valence-electron chi connectivity index (χ3n) is 4.27. The number of ether oxygens (including phenoxy) is 1. The fourth-order valence-electron chi connectivity index (χ4n) is 3.08. The maximum Gasteiger partial charge on any atom is 0.238 e. The van der Waals surface area contributed by atoms with E-state index in [-0.39, 0.29) is 36.3 Å². The molecule has 0 aliphatic carbocycles. The van der Waals surface area contributed by atoms with Gasteiger partial charge in [0.25, 0.3) is 0 Å². The number of hydrogen-bond donors (Lipinski definition) is 1. The van der Waals surface area contributed by atoms with Crippen molar-refractivity contribution in [3.8, 4) is 0 Å². The van der Waals surface area contributed by atoms with Crippen LogP contribution in [0.4, 0.5) is 0 Å². The van der Waals surface area contributed by atoms with E-state index in [1.54, 1.807) is 6.92 Å². The van der Waals surface area contributed by atoms with Crippen LogP contribution in [0, 0.1) is 0 Å². The lowest BCUT2D eigenvalue weighted by Crippen LogP contribution is -2.54. The maximum absolute atomic E-state index is 12.4.